The van der Waals surface area contributed by atoms with Gasteiger partial charge in [-0.2, -0.15) is 0 Å². The highest BCUT2D eigenvalue weighted by molar-refractivity contribution is 5.74. The highest BCUT2D eigenvalue weighted by Crippen LogP contribution is 2.35. The summed E-state index contributed by atoms with van der Waals surface area (Å²) >= 11 is 0. The van der Waals surface area contributed by atoms with Crippen LogP contribution >= 0.6 is 0 Å². The first-order valence-electron chi connectivity index (χ1n) is 11.6. The first kappa shape index (κ1) is 29.6. The second-order valence-electron chi connectivity index (χ2n) is 8.78. The van der Waals surface area contributed by atoms with Crippen LogP contribution in [0.15, 0.2) is 24.3 Å². The lowest BCUT2D eigenvalue weighted by atomic mass is 10.0. The van der Waals surface area contributed by atoms with Gasteiger partial charge in [0.05, 0.1) is 6.54 Å². The van der Waals surface area contributed by atoms with Gasteiger partial charge in [0.1, 0.15) is 12.7 Å². The molecule has 0 saturated carbocycles. The summed E-state index contributed by atoms with van der Waals surface area (Å²) in [6.45, 7) is 5.45. The molecular weight excluding hydrogens is 488 g/mol. The van der Waals surface area contributed by atoms with Gasteiger partial charge < -0.3 is 33.5 Å². The molecule has 1 aliphatic heterocycles. The summed E-state index contributed by atoms with van der Waals surface area (Å²) in [7, 11) is 3.79. The van der Waals surface area contributed by atoms with E-state index >= 15 is 0 Å². The fourth-order valence-electron chi connectivity index (χ4n) is 3.94. The van der Waals surface area contributed by atoms with Crippen molar-refractivity contribution in [1.82, 2.24) is 4.90 Å². The minimum atomic E-state index is -1.40. The average molecular weight is 523 g/mol. The molecule has 204 valence electrons. The van der Waals surface area contributed by atoms with Gasteiger partial charge in [-0.05, 0) is 12.1 Å². The lowest BCUT2D eigenvalue weighted by Crippen LogP contribution is -2.53. The molecule has 1 amide bonds. The summed E-state index contributed by atoms with van der Waals surface area (Å²) in [6.07, 6.45) is -5.84. The molecule has 0 aliphatic carbocycles. The Kier molecular flexibility index (Phi) is 10.4. The molecule has 5 atom stereocenters. The molecule has 12 heteroatoms. The summed E-state index contributed by atoms with van der Waals surface area (Å²) in [5, 5.41) is 0. The van der Waals surface area contributed by atoms with Crippen LogP contribution in [0.25, 0.3) is 0 Å². The van der Waals surface area contributed by atoms with E-state index in [4.69, 9.17) is 23.7 Å². The van der Waals surface area contributed by atoms with E-state index in [9.17, 15) is 24.0 Å². The molecule has 1 aromatic rings. The Morgan fingerprint density at radius 3 is 1.92 bits per heavy atom. The predicted molar refractivity (Wildman–Crippen MR) is 129 cm³/mol. The summed E-state index contributed by atoms with van der Waals surface area (Å²) in [5.41, 5.74) is 1.61. The van der Waals surface area contributed by atoms with Gasteiger partial charge >= 0.3 is 23.9 Å². The van der Waals surface area contributed by atoms with E-state index in [0.717, 1.165) is 33.4 Å². The van der Waals surface area contributed by atoms with Crippen LogP contribution in [0, 0.1) is 0 Å². The van der Waals surface area contributed by atoms with Gasteiger partial charge in [-0.3, -0.25) is 24.0 Å². The van der Waals surface area contributed by atoms with Crippen molar-refractivity contribution in [3.05, 3.63) is 29.8 Å². The predicted octanol–water partition coefficient (Wildman–Crippen LogP) is 1.36. The van der Waals surface area contributed by atoms with Gasteiger partial charge in [0.2, 0.25) is 5.91 Å². The van der Waals surface area contributed by atoms with Gasteiger partial charge in [-0.25, -0.2) is 0 Å². The zero-order valence-electron chi connectivity index (χ0n) is 22.1. The van der Waals surface area contributed by atoms with Crippen molar-refractivity contribution in [2.24, 2.45) is 0 Å². The number of hydrogen-bond donors (Lipinski definition) is 0. The molecular formula is C25H34N2O10. The monoisotopic (exact) mass is 522 g/mol. The Morgan fingerprint density at radius 2 is 1.46 bits per heavy atom. The van der Waals surface area contributed by atoms with Gasteiger partial charge in [0.25, 0.3) is 0 Å². The lowest BCUT2D eigenvalue weighted by molar-refractivity contribution is -0.200. The number of anilines is 1. The van der Waals surface area contributed by atoms with Crippen molar-refractivity contribution >= 4 is 35.5 Å². The van der Waals surface area contributed by atoms with Crippen molar-refractivity contribution in [1.29, 1.82) is 0 Å². The topological polar surface area (TPSA) is 138 Å². The van der Waals surface area contributed by atoms with Gasteiger partial charge in [-0.15, -0.1) is 0 Å². The summed E-state index contributed by atoms with van der Waals surface area (Å²) in [4.78, 5) is 63.2. The van der Waals surface area contributed by atoms with Crippen molar-refractivity contribution in [2.45, 2.75) is 65.3 Å². The number of hydrogen-bond acceptors (Lipinski definition) is 11. The zero-order chi connectivity index (χ0) is 27.9. The second-order valence-corrected chi connectivity index (χ2v) is 8.78. The maximum absolute atomic E-state index is 12.5. The van der Waals surface area contributed by atoms with Crippen molar-refractivity contribution in [3.63, 3.8) is 0 Å². The highest BCUT2D eigenvalue weighted by Gasteiger charge is 2.48. The normalized spacial score (nSPS) is 19.3. The third kappa shape index (κ3) is 8.45. The molecule has 0 unspecified atom stereocenters. The third-order valence-corrected chi connectivity index (χ3v) is 5.49. The summed E-state index contributed by atoms with van der Waals surface area (Å²) in [5.74, 6) is -3.20. The molecule has 0 aromatic heterocycles. The Labute approximate surface area is 215 Å². The quantitative estimate of drug-likeness (QED) is 0.325. The van der Waals surface area contributed by atoms with E-state index in [1.54, 1.807) is 0 Å². The SMILES string of the molecule is CC(=O)OC[C@@H](OC(C)=O)[C@@H](OC(C)=O)[C@H](OC(C)=O)[C@@H]1CN(C(C)=O)[C@H](c2ccc(N(C)C)cc2)O1. The van der Waals surface area contributed by atoms with Crippen LogP contribution in [0.4, 0.5) is 5.69 Å². The Bertz CT molecular complexity index is 994. The number of nitrogens with zero attached hydrogens (tertiary/aromatic N) is 2. The smallest absolute Gasteiger partial charge is 0.303 e. The number of benzene rings is 1. The molecule has 0 bridgehead atoms. The second kappa shape index (κ2) is 13.0. The van der Waals surface area contributed by atoms with Crippen molar-refractivity contribution < 1.29 is 47.7 Å². The molecule has 12 nitrogen and oxygen atoms in total. The zero-order valence-corrected chi connectivity index (χ0v) is 22.1. The van der Waals surface area contributed by atoms with E-state index in [-0.39, 0.29) is 12.5 Å². The summed E-state index contributed by atoms with van der Waals surface area (Å²) < 4.78 is 27.4. The first-order chi connectivity index (χ1) is 17.3. The fourth-order valence-corrected chi connectivity index (χ4v) is 3.94. The van der Waals surface area contributed by atoms with E-state index in [1.165, 1.54) is 11.8 Å². The molecule has 1 heterocycles. The summed E-state index contributed by atoms with van der Waals surface area (Å²) in [6, 6.07) is 7.35. The lowest BCUT2D eigenvalue weighted by Gasteiger charge is -2.34. The standard InChI is InChI=1S/C25H34N2O10/c1-14(28)27-12-21(37-25(27)19-8-10-20(11-9-19)26(6)7)23(35-17(4)31)24(36-18(5)32)22(34-16(3)30)13-33-15(2)29/h8-11,21-25H,12-13H2,1-7H3/t21-,22+,23+,24+,25-/m0/s1. The van der Waals surface area contributed by atoms with Crippen LogP contribution in [-0.2, 0) is 47.7 Å². The Morgan fingerprint density at radius 1 is 0.892 bits per heavy atom. The van der Waals surface area contributed by atoms with Crippen LogP contribution in [0.5, 0.6) is 0 Å². The number of carbonyl (C=O) groups is 5. The minimum Gasteiger partial charge on any atom is -0.462 e. The van der Waals surface area contributed by atoms with Crippen LogP contribution in [0.2, 0.25) is 0 Å². The molecule has 2 rings (SSSR count). The highest BCUT2D eigenvalue weighted by atomic mass is 16.6. The molecule has 1 saturated heterocycles. The number of ether oxygens (including phenoxy) is 5. The number of esters is 4. The molecule has 37 heavy (non-hydrogen) atoms. The van der Waals surface area contributed by atoms with Crippen molar-refractivity contribution in [3.8, 4) is 0 Å². The number of amides is 1. The minimum absolute atomic E-state index is 0.0223. The molecule has 0 N–H and O–H groups in total. The Hall–Kier alpha value is -3.67. The van der Waals surface area contributed by atoms with Crippen LogP contribution in [-0.4, -0.2) is 86.3 Å². The van der Waals surface area contributed by atoms with Gasteiger partial charge in [-0.1, -0.05) is 12.1 Å². The maximum atomic E-state index is 12.5. The number of rotatable bonds is 10. The number of carbonyl (C=O) groups excluding carboxylic acids is 5. The average Bonchev–Trinajstić information content (AvgIpc) is 3.24. The van der Waals surface area contributed by atoms with E-state index in [0.29, 0.717) is 5.56 Å². The first-order valence-corrected chi connectivity index (χ1v) is 11.6. The van der Waals surface area contributed by atoms with E-state index in [2.05, 4.69) is 0 Å². The van der Waals surface area contributed by atoms with Gasteiger partial charge in [0, 0.05) is 60.0 Å². The fraction of sp³-hybridized carbons (Fsp3) is 0.560. The molecule has 1 aromatic carbocycles. The van der Waals surface area contributed by atoms with Gasteiger partial charge in [0.15, 0.2) is 24.5 Å². The third-order valence-electron chi connectivity index (χ3n) is 5.49. The van der Waals surface area contributed by atoms with Crippen LogP contribution in [0.1, 0.15) is 46.4 Å². The van der Waals surface area contributed by atoms with Crippen LogP contribution < -0.4 is 4.90 Å². The Balaban J connectivity index is 2.47. The van der Waals surface area contributed by atoms with Crippen LogP contribution in [0.3, 0.4) is 0 Å². The maximum Gasteiger partial charge on any atom is 0.303 e. The van der Waals surface area contributed by atoms with Crippen molar-refractivity contribution in [2.75, 3.05) is 32.1 Å². The van der Waals surface area contributed by atoms with E-state index in [1.807, 2.05) is 43.3 Å². The van der Waals surface area contributed by atoms with E-state index < -0.39 is 61.1 Å². The molecule has 0 spiro atoms. The largest absolute Gasteiger partial charge is 0.462 e. The molecule has 1 aliphatic rings. The molecule has 1 fully saturated rings. The molecule has 0 radical (unpaired) electrons.